The highest BCUT2D eigenvalue weighted by atomic mass is 79.9. The molecule has 1 saturated carbocycles. The van der Waals surface area contributed by atoms with Gasteiger partial charge in [0.1, 0.15) is 5.65 Å². The zero-order chi connectivity index (χ0) is 16.9. The molecule has 1 fully saturated rings. The topological polar surface area (TPSA) is 63.5 Å². The number of hydrogen-bond acceptors (Lipinski definition) is 4. The fraction of sp³-hybridized carbons (Fsp3) is 0.471. The summed E-state index contributed by atoms with van der Waals surface area (Å²) >= 11 is 4.84. The van der Waals surface area contributed by atoms with Gasteiger partial charge in [-0.05, 0) is 40.9 Å². The monoisotopic (exact) mass is 409 g/mol. The Bertz CT molecular complexity index is 787. The summed E-state index contributed by atoms with van der Waals surface area (Å²) in [5.41, 5.74) is 1.22. The fourth-order valence-corrected chi connectivity index (χ4v) is 4.03. The molecular weight excluding hydrogens is 390 g/mol. The molecule has 5 nitrogen and oxygen atoms in total. The normalized spacial score (nSPS) is 15.5. The molecule has 0 bridgehead atoms. The van der Waals surface area contributed by atoms with Crippen molar-refractivity contribution in [3.63, 3.8) is 0 Å². The number of halogens is 1. The van der Waals surface area contributed by atoms with E-state index < -0.39 is 0 Å². The zero-order valence-electron chi connectivity index (χ0n) is 13.3. The smallest absolute Gasteiger partial charge is 0.258 e. The van der Waals surface area contributed by atoms with E-state index in [9.17, 15) is 9.59 Å². The van der Waals surface area contributed by atoms with Crippen LogP contribution in [0.15, 0.2) is 33.7 Å². The van der Waals surface area contributed by atoms with Gasteiger partial charge in [0.25, 0.3) is 5.56 Å². The van der Waals surface area contributed by atoms with Crippen molar-refractivity contribution in [2.45, 2.75) is 43.9 Å². The second kappa shape index (κ2) is 8.16. The highest BCUT2D eigenvalue weighted by Gasteiger charge is 2.15. The molecule has 2 aromatic heterocycles. The third-order valence-electron chi connectivity index (χ3n) is 4.13. The maximum absolute atomic E-state index is 12.1. The maximum atomic E-state index is 12.1. The number of thioether (sulfide) groups is 1. The van der Waals surface area contributed by atoms with Gasteiger partial charge >= 0.3 is 0 Å². The first-order valence-electron chi connectivity index (χ1n) is 8.17. The molecule has 0 aliphatic heterocycles. The van der Waals surface area contributed by atoms with Crippen LogP contribution in [0.25, 0.3) is 5.65 Å². The minimum absolute atomic E-state index is 0.0772. The molecule has 24 heavy (non-hydrogen) atoms. The van der Waals surface area contributed by atoms with Crippen LogP contribution in [-0.2, 0) is 10.5 Å². The lowest BCUT2D eigenvalue weighted by Crippen LogP contribution is -2.37. The van der Waals surface area contributed by atoms with Crippen molar-refractivity contribution in [1.82, 2.24) is 14.7 Å². The number of fused-ring (bicyclic) bond motifs is 1. The molecule has 0 saturated heterocycles. The van der Waals surface area contributed by atoms with Crippen molar-refractivity contribution >= 4 is 39.2 Å². The highest BCUT2D eigenvalue weighted by molar-refractivity contribution is 9.10. The van der Waals surface area contributed by atoms with Gasteiger partial charge in [-0.2, -0.15) is 0 Å². The Morgan fingerprint density at radius 1 is 1.33 bits per heavy atom. The van der Waals surface area contributed by atoms with E-state index in [-0.39, 0.29) is 11.5 Å². The van der Waals surface area contributed by atoms with Crippen LogP contribution < -0.4 is 10.9 Å². The van der Waals surface area contributed by atoms with Crippen LogP contribution in [0.2, 0.25) is 0 Å². The molecule has 1 aliphatic carbocycles. The number of carbonyl (C=O) groups excluding carboxylic acids is 1. The molecular formula is C17H20BrN3O2S. The Morgan fingerprint density at radius 2 is 2.12 bits per heavy atom. The average Bonchev–Trinajstić information content (AvgIpc) is 2.56. The number of nitrogens with one attached hydrogen (secondary N) is 1. The lowest BCUT2D eigenvalue weighted by molar-refractivity contribution is -0.119. The Hall–Kier alpha value is -1.34. The van der Waals surface area contributed by atoms with Crippen molar-refractivity contribution in [1.29, 1.82) is 0 Å². The molecule has 1 amide bonds. The molecule has 0 unspecified atom stereocenters. The summed E-state index contributed by atoms with van der Waals surface area (Å²) in [6.45, 7) is 0. The third-order valence-corrected chi connectivity index (χ3v) is 5.57. The number of aromatic nitrogens is 2. The number of carbonyl (C=O) groups is 1. The summed E-state index contributed by atoms with van der Waals surface area (Å²) in [6.07, 6.45) is 7.59. The Kier molecular flexibility index (Phi) is 5.94. The Labute approximate surface area is 153 Å². The molecule has 1 N–H and O–H groups in total. The standard InChI is InChI=1S/C17H20BrN3O2S/c18-12-6-7-15-19-14(8-17(23)21(15)9-12)10-24-11-16(22)20-13-4-2-1-3-5-13/h6-9,13H,1-5,10-11H2,(H,20,22). The van der Waals surface area contributed by atoms with Gasteiger partial charge in [0, 0.05) is 28.5 Å². The van der Waals surface area contributed by atoms with E-state index in [1.807, 2.05) is 6.07 Å². The van der Waals surface area contributed by atoms with Crippen LogP contribution in [0, 0.1) is 0 Å². The number of rotatable bonds is 5. The molecule has 2 heterocycles. The summed E-state index contributed by atoms with van der Waals surface area (Å²) in [7, 11) is 0. The van der Waals surface area contributed by atoms with Gasteiger partial charge in [0.2, 0.25) is 5.91 Å². The number of nitrogens with zero attached hydrogens (tertiary/aromatic N) is 2. The van der Waals surface area contributed by atoms with Crippen LogP contribution in [0.1, 0.15) is 37.8 Å². The number of pyridine rings is 1. The van der Waals surface area contributed by atoms with Crippen LogP contribution in [0.5, 0.6) is 0 Å². The van der Waals surface area contributed by atoms with Gasteiger partial charge in [-0.25, -0.2) is 4.98 Å². The molecule has 0 spiro atoms. The van der Waals surface area contributed by atoms with E-state index in [4.69, 9.17) is 0 Å². The van der Waals surface area contributed by atoms with Crippen LogP contribution in [0.4, 0.5) is 0 Å². The van der Waals surface area contributed by atoms with E-state index in [2.05, 4.69) is 26.2 Å². The van der Waals surface area contributed by atoms with E-state index in [0.717, 1.165) is 17.3 Å². The zero-order valence-corrected chi connectivity index (χ0v) is 15.7. The highest BCUT2D eigenvalue weighted by Crippen LogP contribution is 2.18. The molecule has 0 atom stereocenters. The first-order chi connectivity index (χ1) is 11.6. The summed E-state index contributed by atoms with van der Waals surface area (Å²) in [5.74, 6) is 1.03. The molecule has 1 aliphatic rings. The van der Waals surface area contributed by atoms with Gasteiger partial charge in [-0.3, -0.25) is 14.0 Å². The van der Waals surface area contributed by atoms with Crippen molar-refractivity contribution in [2.75, 3.05) is 5.75 Å². The second-order valence-electron chi connectivity index (χ2n) is 6.06. The van der Waals surface area contributed by atoms with Gasteiger partial charge < -0.3 is 5.32 Å². The minimum atomic E-state index is -0.108. The Balaban J connectivity index is 1.54. The van der Waals surface area contributed by atoms with Gasteiger partial charge in [0.05, 0.1) is 11.4 Å². The fourth-order valence-electron chi connectivity index (χ4n) is 2.96. The SMILES string of the molecule is O=C(CSCc1cc(=O)n2cc(Br)ccc2n1)NC1CCCCC1. The first-order valence-corrected chi connectivity index (χ1v) is 10.1. The molecule has 0 aromatic carbocycles. The number of hydrogen-bond donors (Lipinski definition) is 1. The predicted octanol–water partition coefficient (Wildman–Crippen LogP) is 3.14. The predicted molar refractivity (Wildman–Crippen MR) is 100 cm³/mol. The third kappa shape index (κ3) is 4.60. The molecule has 0 radical (unpaired) electrons. The van der Waals surface area contributed by atoms with Gasteiger partial charge in [0.15, 0.2) is 0 Å². The van der Waals surface area contributed by atoms with E-state index in [1.165, 1.54) is 41.5 Å². The van der Waals surface area contributed by atoms with Crippen LogP contribution in [-0.4, -0.2) is 27.1 Å². The Morgan fingerprint density at radius 3 is 2.92 bits per heavy atom. The van der Waals surface area contributed by atoms with Crippen molar-refractivity contribution in [3.05, 3.63) is 44.9 Å². The summed E-state index contributed by atoms with van der Waals surface area (Å²) in [6, 6.07) is 5.53. The van der Waals surface area contributed by atoms with Gasteiger partial charge in [-0.15, -0.1) is 11.8 Å². The van der Waals surface area contributed by atoms with Crippen LogP contribution in [0.3, 0.4) is 0 Å². The van der Waals surface area contributed by atoms with E-state index in [0.29, 0.717) is 28.9 Å². The largest absolute Gasteiger partial charge is 0.353 e. The lowest BCUT2D eigenvalue weighted by atomic mass is 9.95. The van der Waals surface area contributed by atoms with E-state index in [1.54, 1.807) is 12.3 Å². The molecule has 3 rings (SSSR count). The maximum Gasteiger partial charge on any atom is 0.258 e. The average molecular weight is 410 g/mol. The van der Waals surface area contributed by atoms with Crippen molar-refractivity contribution < 1.29 is 4.79 Å². The molecule has 128 valence electrons. The minimum Gasteiger partial charge on any atom is -0.353 e. The van der Waals surface area contributed by atoms with Crippen molar-refractivity contribution in [2.24, 2.45) is 0 Å². The summed E-state index contributed by atoms with van der Waals surface area (Å²) in [5, 5.41) is 3.10. The van der Waals surface area contributed by atoms with Crippen molar-refractivity contribution in [3.8, 4) is 0 Å². The molecule has 2 aromatic rings. The summed E-state index contributed by atoms with van der Waals surface area (Å²) in [4.78, 5) is 28.6. The lowest BCUT2D eigenvalue weighted by Gasteiger charge is -2.22. The first kappa shape index (κ1) is 17.5. The number of amides is 1. The molecule has 7 heteroatoms. The van der Waals surface area contributed by atoms with Crippen LogP contribution >= 0.6 is 27.7 Å². The quantitative estimate of drug-likeness (QED) is 0.823. The summed E-state index contributed by atoms with van der Waals surface area (Å²) < 4.78 is 2.34. The van der Waals surface area contributed by atoms with Gasteiger partial charge in [-0.1, -0.05) is 19.3 Å². The second-order valence-corrected chi connectivity index (χ2v) is 7.96. The van der Waals surface area contributed by atoms with E-state index >= 15 is 0 Å².